The Morgan fingerprint density at radius 3 is 2.12 bits per heavy atom. The van der Waals surface area contributed by atoms with Crippen LogP contribution in [0.15, 0.2) is 48.5 Å². The molecule has 25 heavy (non-hydrogen) atoms. The number of hydrogen-bond donors (Lipinski definition) is 0. The number of ether oxygens (including phenoxy) is 1. The van der Waals surface area contributed by atoms with E-state index in [1.165, 1.54) is 11.1 Å². The smallest absolute Gasteiger partial charge is 0.263 e. The van der Waals surface area contributed by atoms with Crippen LogP contribution in [0.2, 0.25) is 0 Å². The molecule has 0 spiro atoms. The van der Waals surface area contributed by atoms with Gasteiger partial charge in [0.15, 0.2) is 6.10 Å². The van der Waals surface area contributed by atoms with E-state index in [4.69, 9.17) is 4.74 Å². The van der Waals surface area contributed by atoms with Crippen molar-refractivity contribution in [2.24, 2.45) is 0 Å². The lowest BCUT2D eigenvalue weighted by Gasteiger charge is -2.23. The van der Waals surface area contributed by atoms with E-state index in [0.29, 0.717) is 6.54 Å². The highest BCUT2D eigenvalue weighted by Gasteiger charge is 2.20. The predicted molar refractivity (Wildman–Crippen MR) is 103 cm³/mol. The molecule has 134 valence electrons. The van der Waals surface area contributed by atoms with Crippen molar-refractivity contribution in [2.75, 3.05) is 7.05 Å². The van der Waals surface area contributed by atoms with Gasteiger partial charge in [-0.05, 0) is 42.5 Å². The van der Waals surface area contributed by atoms with Crippen LogP contribution >= 0.6 is 0 Å². The molecule has 0 aromatic heterocycles. The lowest BCUT2D eigenvalue weighted by molar-refractivity contribution is -0.137. The second kappa shape index (κ2) is 7.73. The highest BCUT2D eigenvalue weighted by molar-refractivity contribution is 5.80. The molecule has 0 unspecified atom stereocenters. The molecule has 0 heterocycles. The molecule has 2 aromatic rings. The first-order valence-electron chi connectivity index (χ1n) is 8.74. The van der Waals surface area contributed by atoms with Gasteiger partial charge in [0.2, 0.25) is 0 Å². The molecule has 2 aromatic carbocycles. The van der Waals surface area contributed by atoms with Crippen molar-refractivity contribution in [3.05, 3.63) is 65.2 Å². The number of rotatable bonds is 5. The van der Waals surface area contributed by atoms with E-state index in [2.05, 4.69) is 64.1 Å². The van der Waals surface area contributed by atoms with Crippen LogP contribution in [0.4, 0.5) is 0 Å². The fraction of sp³-hybridized carbons (Fsp3) is 0.409. The van der Waals surface area contributed by atoms with E-state index in [1.807, 2.05) is 19.2 Å². The average molecular weight is 339 g/mol. The normalized spacial score (nSPS) is 12.6. The Hall–Kier alpha value is -2.29. The molecule has 0 aliphatic carbocycles. The summed E-state index contributed by atoms with van der Waals surface area (Å²) in [6.07, 6.45) is -0.518. The van der Waals surface area contributed by atoms with Crippen LogP contribution < -0.4 is 4.74 Å². The van der Waals surface area contributed by atoms with Gasteiger partial charge in [-0.25, -0.2) is 0 Å². The van der Waals surface area contributed by atoms with Crippen LogP contribution in [0, 0.1) is 6.92 Å². The molecular formula is C22H29NO2. The first-order valence-corrected chi connectivity index (χ1v) is 8.74. The van der Waals surface area contributed by atoms with Crippen LogP contribution in [-0.2, 0) is 16.8 Å². The molecule has 0 aliphatic rings. The van der Waals surface area contributed by atoms with Gasteiger partial charge in [0.05, 0.1) is 0 Å². The molecular weight excluding hydrogens is 310 g/mol. The van der Waals surface area contributed by atoms with Crippen LogP contribution in [0.1, 0.15) is 44.4 Å². The Labute approximate surface area is 151 Å². The third-order valence-corrected chi connectivity index (χ3v) is 4.30. The number of likely N-dealkylation sites (N-methyl/N-ethyl adjacent to an activating group) is 1. The molecule has 0 fully saturated rings. The maximum atomic E-state index is 12.5. The molecule has 1 atom stereocenters. The summed E-state index contributed by atoms with van der Waals surface area (Å²) in [5.41, 5.74) is 3.68. The lowest BCUT2D eigenvalue weighted by Crippen LogP contribution is -2.37. The summed E-state index contributed by atoms with van der Waals surface area (Å²) in [7, 11) is 1.81. The van der Waals surface area contributed by atoms with Gasteiger partial charge in [-0.3, -0.25) is 4.79 Å². The zero-order chi connectivity index (χ0) is 18.6. The molecule has 1 amide bonds. The summed E-state index contributed by atoms with van der Waals surface area (Å²) in [5.74, 6) is 0.693. The molecule has 0 saturated heterocycles. The Bertz CT molecular complexity index is 696. The van der Waals surface area contributed by atoms with Gasteiger partial charge in [-0.2, -0.15) is 0 Å². The first-order chi connectivity index (χ1) is 11.7. The highest BCUT2D eigenvalue weighted by Crippen LogP contribution is 2.24. The number of benzene rings is 2. The largest absolute Gasteiger partial charge is 0.481 e. The number of nitrogens with zero attached hydrogens (tertiary/aromatic N) is 1. The zero-order valence-electron chi connectivity index (χ0n) is 16.2. The van der Waals surface area contributed by atoms with E-state index in [1.54, 1.807) is 11.8 Å². The summed E-state index contributed by atoms with van der Waals surface area (Å²) in [6.45, 7) is 11.0. The minimum absolute atomic E-state index is 0.0273. The molecule has 3 heteroatoms. The van der Waals surface area contributed by atoms with Gasteiger partial charge in [-0.1, -0.05) is 62.7 Å². The van der Waals surface area contributed by atoms with E-state index >= 15 is 0 Å². The SMILES string of the molecule is Cc1ccc(CN(C)C(=O)[C@H](C)Oc2ccc(C(C)(C)C)cc2)cc1. The van der Waals surface area contributed by atoms with Gasteiger partial charge < -0.3 is 9.64 Å². The van der Waals surface area contributed by atoms with Crippen LogP contribution in [0.25, 0.3) is 0 Å². The summed E-state index contributed by atoms with van der Waals surface area (Å²) < 4.78 is 5.83. The Kier molecular flexibility index (Phi) is 5.89. The molecule has 0 saturated carbocycles. The van der Waals surface area contributed by atoms with Crippen molar-refractivity contribution >= 4 is 5.91 Å². The van der Waals surface area contributed by atoms with E-state index in [9.17, 15) is 4.79 Å². The quantitative estimate of drug-likeness (QED) is 0.789. The van der Waals surface area contributed by atoms with Gasteiger partial charge in [0, 0.05) is 13.6 Å². The van der Waals surface area contributed by atoms with Gasteiger partial charge >= 0.3 is 0 Å². The van der Waals surface area contributed by atoms with Crippen molar-refractivity contribution in [2.45, 2.75) is 52.7 Å². The Morgan fingerprint density at radius 1 is 1.04 bits per heavy atom. The van der Waals surface area contributed by atoms with Crippen molar-refractivity contribution in [3.63, 3.8) is 0 Å². The summed E-state index contributed by atoms with van der Waals surface area (Å²) in [5, 5.41) is 0. The maximum absolute atomic E-state index is 12.5. The minimum Gasteiger partial charge on any atom is -0.481 e. The molecule has 0 aliphatic heterocycles. The number of aryl methyl sites for hydroxylation is 1. The number of hydrogen-bond acceptors (Lipinski definition) is 2. The fourth-order valence-corrected chi connectivity index (χ4v) is 2.64. The van der Waals surface area contributed by atoms with E-state index in [-0.39, 0.29) is 11.3 Å². The minimum atomic E-state index is -0.518. The second-order valence-corrected chi connectivity index (χ2v) is 7.71. The summed E-state index contributed by atoms with van der Waals surface area (Å²) >= 11 is 0. The molecule has 0 radical (unpaired) electrons. The number of carbonyl (C=O) groups is 1. The lowest BCUT2D eigenvalue weighted by atomic mass is 9.87. The van der Waals surface area contributed by atoms with Crippen LogP contribution in [-0.4, -0.2) is 24.0 Å². The first kappa shape index (κ1) is 19.0. The maximum Gasteiger partial charge on any atom is 0.263 e. The van der Waals surface area contributed by atoms with Gasteiger partial charge in [0.1, 0.15) is 5.75 Å². The summed E-state index contributed by atoms with van der Waals surface area (Å²) in [4.78, 5) is 14.3. The fourth-order valence-electron chi connectivity index (χ4n) is 2.64. The monoisotopic (exact) mass is 339 g/mol. The Morgan fingerprint density at radius 2 is 1.60 bits per heavy atom. The van der Waals surface area contributed by atoms with Crippen molar-refractivity contribution in [3.8, 4) is 5.75 Å². The molecule has 0 bridgehead atoms. The van der Waals surface area contributed by atoms with Crippen molar-refractivity contribution in [1.82, 2.24) is 4.90 Å². The van der Waals surface area contributed by atoms with Crippen molar-refractivity contribution < 1.29 is 9.53 Å². The third-order valence-electron chi connectivity index (χ3n) is 4.30. The number of carbonyl (C=O) groups excluding carboxylic acids is 1. The van der Waals surface area contributed by atoms with Crippen molar-refractivity contribution in [1.29, 1.82) is 0 Å². The van der Waals surface area contributed by atoms with Crippen LogP contribution in [0.3, 0.4) is 0 Å². The molecule has 2 rings (SSSR count). The average Bonchev–Trinajstić information content (AvgIpc) is 2.55. The predicted octanol–water partition coefficient (Wildman–Crippen LogP) is 4.72. The van der Waals surface area contributed by atoms with Gasteiger partial charge in [-0.15, -0.1) is 0 Å². The van der Waals surface area contributed by atoms with E-state index in [0.717, 1.165) is 11.3 Å². The molecule has 0 N–H and O–H groups in total. The van der Waals surface area contributed by atoms with Crippen LogP contribution in [0.5, 0.6) is 5.75 Å². The second-order valence-electron chi connectivity index (χ2n) is 7.71. The summed E-state index contributed by atoms with van der Waals surface area (Å²) in [6, 6.07) is 16.2. The highest BCUT2D eigenvalue weighted by atomic mass is 16.5. The zero-order valence-corrected chi connectivity index (χ0v) is 16.2. The third kappa shape index (κ3) is 5.35. The Balaban J connectivity index is 1.96. The topological polar surface area (TPSA) is 29.5 Å². The van der Waals surface area contributed by atoms with Gasteiger partial charge in [0.25, 0.3) is 5.91 Å². The molecule has 3 nitrogen and oxygen atoms in total. The van der Waals surface area contributed by atoms with E-state index < -0.39 is 6.10 Å². The number of amides is 1. The standard InChI is InChI=1S/C22H29NO2/c1-16-7-9-18(10-8-16)15-23(6)21(24)17(2)25-20-13-11-19(12-14-20)22(3,4)5/h7-14,17H,15H2,1-6H3/t17-/m0/s1.